The fraction of sp³-hybridized carbons (Fsp3) is 0.176. The molecule has 0 aliphatic carbocycles. The quantitative estimate of drug-likeness (QED) is 0.674. The molecule has 0 saturated carbocycles. The highest BCUT2D eigenvalue weighted by molar-refractivity contribution is 5.78. The number of aryl methyl sites for hydroxylation is 1. The Hall–Kier alpha value is -3.22. The average Bonchev–Trinajstić information content (AvgIpc) is 2.61. The van der Waals surface area contributed by atoms with Crippen LogP contribution in [0.3, 0.4) is 0 Å². The minimum absolute atomic E-state index is 0.309. The fourth-order valence-electron chi connectivity index (χ4n) is 2.48. The smallest absolute Gasteiger partial charge is 0.335 e. The second kappa shape index (κ2) is 6.11. The van der Waals surface area contributed by atoms with Crippen LogP contribution in [0.25, 0.3) is 16.6 Å². The first-order valence-corrected chi connectivity index (χ1v) is 7.28. The molecule has 0 fully saturated rings. The van der Waals surface area contributed by atoms with Crippen molar-refractivity contribution in [1.82, 2.24) is 19.1 Å². The molecule has 24 heavy (non-hydrogen) atoms. The molecule has 0 aliphatic heterocycles. The summed E-state index contributed by atoms with van der Waals surface area (Å²) in [7, 11) is 3.06. The van der Waals surface area contributed by atoms with Gasteiger partial charge in [-0.15, -0.1) is 6.58 Å². The number of methoxy groups -OCH3 is 1. The van der Waals surface area contributed by atoms with E-state index in [-0.39, 0.29) is 0 Å². The highest BCUT2D eigenvalue weighted by Gasteiger charge is 2.14. The molecule has 3 heterocycles. The molecule has 0 radical (unpaired) electrons. The predicted octanol–water partition coefficient (Wildman–Crippen LogP) is 1.22. The van der Waals surface area contributed by atoms with Gasteiger partial charge in [-0.1, -0.05) is 6.08 Å². The molecular weight excluding hydrogens is 308 g/mol. The Balaban J connectivity index is 2.29. The standard InChI is InChI=1S/C17H16N4O3/c1-4-5-11-6-7-12(9-18-11)21-16(22)13-8-15(24-3)19-10-14(13)20(2)17(21)23/h4,6-10H,1,5H2,2-3H3. The van der Waals surface area contributed by atoms with Crippen LogP contribution in [0.15, 0.2) is 52.8 Å². The van der Waals surface area contributed by atoms with Crippen LogP contribution >= 0.6 is 0 Å². The van der Waals surface area contributed by atoms with Crippen molar-refractivity contribution in [2.24, 2.45) is 7.05 Å². The Labute approximate surface area is 137 Å². The van der Waals surface area contributed by atoms with E-state index in [0.29, 0.717) is 28.9 Å². The zero-order valence-corrected chi connectivity index (χ0v) is 13.4. The topological polar surface area (TPSA) is 79.0 Å². The van der Waals surface area contributed by atoms with Crippen molar-refractivity contribution >= 4 is 10.9 Å². The summed E-state index contributed by atoms with van der Waals surface area (Å²) in [6, 6.07) is 4.98. The van der Waals surface area contributed by atoms with Crippen LogP contribution in [-0.2, 0) is 13.5 Å². The molecule has 0 bridgehead atoms. The third-order valence-corrected chi connectivity index (χ3v) is 3.76. The maximum absolute atomic E-state index is 12.8. The first-order chi connectivity index (χ1) is 11.6. The summed E-state index contributed by atoms with van der Waals surface area (Å²) in [5, 5.41) is 0.346. The lowest BCUT2D eigenvalue weighted by Crippen LogP contribution is -2.38. The number of hydrogen-bond donors (Lipinski definition) is 0. The van der Waals surface area contributed by atoms with Gasteiger partial charge in [-0.05, 0) is 12.1 Å². The number of ether oxygens (including phenoxy) is 1. The second-order valence-electron chi connectivity index (χ2n) is 5.23. The predicted molar refractivity (Wildman–Crippen MR) is 90.8 cm³/mol. The summed E-state index contributed by atoms with van der Waals surface area (Å²) in [6.07, 6.45) is 5.31. The second-order valence-corrected chi connectivity index (χ2v) is 5.23. The van der Waals surface area contributed by atoms with Gasteiger partial charge in [-0.3, -0.25) is 14.3 Å². The fourth-order valence-corrected chi connectivity index (χ4v) is 2.48. The molecule has 7 heteroatoms. The lowest BCUT2D eigenvalue weighted by atomic mass is 10.2. The Morgan fingerprint density at radius 1 is 1.25 bits per heavy atom. The van der Waals surface area contributed by atoms with Crippen molar-refractivity contribution in [3.8, 4) is 11.6 Å². The number of allylic oxidation sites excluding steroid dienone is 1. The number of pyridine rings is 2. The van der Waals surface area contributed by atoms with Crippen LogP contribution in [0, 0.1) is 0 Å². The molecule has 0 N–H and O–H groups in total. The molecule has 122 valence electrons. The van der Waals surface area contributed by atoms with Gasteiger partial charge in [0.05, 0.1) is 36.1 Å². The zero-order valence-electron chi connectivity index (χ0n) is 13.4. The van der Waals surface area contributed by atoms with Gasteiger partial charge in [0.25, 0.3) is 5.56 Å². The van der Waals surface area contributed by atoms with E-state index in [1.54, 1.807) is 25.3 Å². The molecule has 0 atom stereocenters. The largest absolute Gasteiger partial charge is 0.481 e. The third kappa shape index (κ3) is 2.50. The molecule has 7 nitrogen and oxygen atoms in total. The maximum atomic E-state index is 12.8. The van der Waals surface area contributed by atoms with Gasteiger partial charge in [0, 0.05) is 25.2 Å². The first kappa shape index (κ1) is 15.7. The van der Waals surface area contributed by atoms with E-state index in [1.807, 2.05) is 0 Å². The summed E-state index contributed by atoms with van der Waals surface area (Å²) >= 11 is 0. The number of aromatic nitrogens is 4. The molecule has 3 aromatic rings. The molecule has 0 aliphatic rings. The van der Waals surface area contributed by atoms with Crippen LogP contribution < -0.4 is 16.0 Å². The van der Waals surface area contributed by atoms with Crippen LogP contribution in [0.2, 0.25) is 0 Å². The molecule has 3 aromatic heterocycles. The number of fused-ring (bicyclic) bond motifs is 1. The summed E-state index contributed by atoms with van der Waals surface area (Å²) < 4.78 is 7.53. The van der Waals surface area contributed by atoms with Gasteiger partial charge in [-0.2, -0.15) is 0 Å². The van der Waals surface area contributed by atoms with Crippen molar-refractivity contribution < 1.29 is 4.74 Å². The van der Waals surface area contributed by atoms with Gasteiger partial charge < -0.3 is 4.74 Å². The summed E-state index contributed by atoms with van der Waals surface area (Å²) in [4.78, 5) is 33.7. The average molecular weight is 324 g/mol. The number of nitrogens with zero attached hydrogens (tertiary/aromatic N) is 4. The Kier molecular flexibility index (Phi) is 3.99. The minimum Gasteiger partial charge on any atom is -0.481 e. The molecule has 3 rings (SSSR count). The Morgan fingerprint density at radius 2 is 2.04 bits per heavy atom. The van der Waals surface area contributed by atoms with Crippen LogP contribution in [0.5, 0.6) is 5.88 Å². The first-order valence-electron chi connectivity index (χ1n) is 7.28. The highest BCUT2D eigenvalue weighted by atomic mass is 16.5. The van der Waals surface area contributed by atoms with Crippen molar-refractivity contribution in [1.29, 1.82) is 0 Å². The summed E-state index contributed by atoms with van der Waals surface area (Å²) in [5.41, 5.74) is 0.763. The van der Waals surface area contributed by atoms with Crippen molar-refractivity contribution in [3.05, 3.63) is 69.8 Å². The van der Waals surface area contributed by atoms with Crippen molar-refractivity contribution in [2.45, 2.75) is 6.42 Å². The SMILES string of the molecule is C=CCc1ccc(-n2c(=O)c3cc(OC)ncc3n(C)c2=O)cn1. The molecular formula is C17H16N4O3. The van der Waals surface area contributed by atoms with E-state index in [1.165, 1.54) is 30.1 Å². The van der Waals surface area contributed by atoms with E-state index in [4.69, 9.17) is 4.74 Å². The maximum Gasteiger partial charge on any atom is 0.335 e. The van der Waals surface area contributed by atoms with Crippen molar-refractivity contribution in [2.75, 3.05) is 7.11 Å². The third-order valence-electron chi connectivity index (χ3n) is 3.76. The van der Waals surface area contributed by atoms with Gasteiger partial charge in [0.2, 0.25) is 5.88 Å². The molecule has 0 spiro atoms. The lowest BCUT2D eigenvalue weighted by molar-refractivity contribution is 0.398. The zero-order chi connectivity index (χ0) is 17.3. The normalized spacial score (nSPS) is 10.8. The molecule has 0 aromatic carbocycles. The van der Waals surface area contributed by atoms with Gasteiger partial charge in [-0.25, -0.2) is 14.3 Å². The van der Waals surface area contributed by atoms with E-state index in [0.717, 1.165) is 10.3 Å². The summed E-state index contributed by atoms with van der Waals surface area (Å²) in [5.74, 6) is 0.309. The van der Waals surface area contributed by atoms with Crippen LogP contribution in [-0.4, -0.2) is 26.2 Å². The molecule has 0 unspecified atom stereocenters. The Morgan fingerprint density at radius 3 is 2.67 bits per heavy atom. The summed E-state index contributed by atoms with van der Waals surface area (Å²) in [6.45, 7) is 3.66. The van der Waals surface area contributed by atoms with E-state index in [2.05, 4.69) is 16.5 Å². The number of hydrogen-bond acceptors (Lipinski definition) is 5. The van der Waals surface area contributed by atoms with Gasteiger partial charge in [0.15, 0.2) is 0 Å². The Bertz CT molecular complexity index is 1030. The minimum atomic E-state index is -0.460. The molecule has 0 amide bonds. The lowest BCUT2D eigenvalue weighted by Gasteiger charge is -2.11. The van der Waals surface area contributed by atoms with Crippen LogP contribution in [0.1, 0.15) is 5.69 Å². The highest BCUT2D eigenvalue weighted by Crippen LogP contribution is 2.14. The van der Waals surface area contributed by atoms with Crippen molar-refractivity contribution in [3.63, 3.8) is 0 Å². The van der Waals surface area contributed by atoms with E-state index in [9.17, 15) is 9.59 Å². The van der Waals surface area contributed by atoms with E-state index >= 15 is 0 Å². The van der Waals surface area contributed by atoms with Gasteiger partial charge >= 0.3 is 5.69 Å². The van der Waals surface area contributed by atoms with Crippen LogP contribution in [0.4, 0.5) is 0 Å². The van der Waals surface area contributed by atoms with E-state index < -0.39 is 11.2 Å². The monoisotopic (exact) mass is 324 g/mol. The molecule has 0 saturated heterocycles. The van der Waals surface area contributed by atoms with Gasteiger partial charge in [0.1, 0.15) is 0 Å². The number of rotatable bonds is 4.